The van der Waals surface area contributed by atoms with E-state index >= 15 is 0 Å². The second-order valence-corrected chi connectivity index (χ2v) is 5.67. The van der Waals surface area contributed by atoms with E-state index in [0.717, 1.165) is 16.5 Å². The Kier molecular flexibility index (Phi) is 6.99. The Morgan fingerprint density at radius 1 is 1.25 bits per heavy atom. The number of nitrogens with zero attached hydrogens (tertiary/aromatic N) is 1. The van der Waals surface area contributed by atoms with E-state index in [1.165, 1.54) is 0 Å². The molecule has 0 aliphatic heterocycles. The van der Waals surface area contributed by atoms with Crippen LogP contribution < -0.4 is 5.32 Å². The van der Waals surface area contributed by atoms with Gasteiger partial charge in [0.15, 0.2) is 0 Å². The zero-order valence-electron chi connectivity index (χ0n) is 11.7. The normalized spacial score (nSPS) is 13.8. The smallest absolute Gasteiger partial charge is 0.313 e. The quantitative estimate of drug-likeness (QED) is 0.798. The van der Waals surface area contributed by atoms with Crippen molar-refractivity contribution in [2.24, 2.45) is 0 Å². The molecule has 20 heavy (non-hydrogen) atoms. The maximum atomic E-state index is 12.2. The summed E-state index contributed by atoms with van der Waals surface area (Å²) < 4.78 is 37.5. The van der Waals surface area contributed by atoms with E-state index in [-0.39, 0.29) is 12.6 Å². The van der Waals surface area contributed by atoms with Crippen LogP contribution in [-0.4, -0.2) is 38.3 Å². The number of hydrogen-bond donors (Lipinski definition) is 1. The van der Waals surface area contributed by atoms with Crippen LogP contribution in [0.4, 0.5) is 13.2 Å². The lowest BCUT2D eigenvalue weighted by molar-refractivity contribution is -0.137. The Morgan fingerprint density at radius 2 is 1.90 bits per heavy atom. The van der Waals surface area contributed by atoms with Gasteiger partial charge in [0, 0.05) is 17.1 Å². The van der Waals surface area contributed by atoms with Crippen molar-refractivity contribution in [2.45, 2.75) is 25.1 Å². The van der Waals surface area contributed by atoms with Gasteiger partial charge in [0.1, 0.15) is 0 Å². The fraction of sp³-hybridized carbons (Fsp3) is 0.571. The number of nitrogens with one attached hydrogen (secondary N) is 1. The third-order valence-corrected chi connectivity index (χ3v) is 3.93. The summed E-state index contributed by atoms with van der Waals surface area (Å²) in [5.74, 6) is 0. The molecule has 0 heterocycles. The second-order valence-electron chi connectivity index (χ2n) is 4.82. The van der Waals surface area contributed by atoms with Crippen LogP contribution in [0.5, 0.6) is 0 Å². The summed E-state index contributed by atoms with van der Waals surface area (Å²) in [6, 6.07) is 8.00. The van der Waals surface area contributed by atoms with Crippen molar-refractivity contribution in [2.75, 3.05) is 27.2 Å². The third-order valence-electron chi connectivity index (χ3n) is 3.21. The summed E-state index contributed by atoms with van der Waals surface area (Å²) in [5.41, 5.74) is 1.12. The molecule has 0 spiro atoms. The number of hydrogen-bond acceptors (Lipinski definition) is 2. The molecule has 0 saturated carbocycles. The van der Waals surface area contributed by atoms with Gasteiger partial charge < -0.3 is 10.2 Å². The van der Waals surface area contributed by atoms with E-state index < -0.39 is 12.6 Å². The lowest BCUT2D eigenvalue weighted by atomic mass is 10.0. The van der Waals surface area contributed by atoms with E-state index in [1.807, 2.05) is 31.3 Å². The molecule has 1 aromatic carbocycles. The van der Waals surface area contributed by atoms with Crippen LogP contribution >= 0.6 is 15.9 Å². The molecular weight excluding hydrogens is 333 g/mol. The minimum atomic E-state index is -4.08. The highest BCUT2D eigenvalue weighted by Gasteiger charge is 2.27. The highest BCUT2D eigenvalue weighted by molar-refractivity contribution is 9.10. The first kappa shape index (κ1) is 17.5. The topological polar surface area (TPSA) is 15.3 Å². The van der Waals surface area contributed by atoms with Gasteiger partial charge >= 0.3 is 6.18 Å². The average molecular weight is 353 g/mol. The SMILES string of the molecule is CNC(CCN(C)CCC(F)(F)F)c1ccccc1Br. The molecule has 0 radical (unpaired) electrons. The molecule has 1 aromatic rings. The molecule has 0 saturated heterocycles. The second kappa shape index (κ2) is 8.00. The fourth-order valence-corrected chi connectivity index (χ4v) is 2.55. The van der Waals surface area contributed by atoms with Crippen molar-refractivity contribution in [1.82, 2.24) is 10.2 Å². The number of benzene rings is 1. The van der Waals surface area contributed by atoms with Crippen molar-refractivity contribution >= 4 is 15.9 Å². The predicted molar refractivity (Wildman–Crippen MR) is 78.7 cm³/mol. The summed E-state index contributed by atoms with van der Waals surface area (Å²) in [5, 5.41) is 3.21. The fourth-order valence-electron chi connectivity index (χ4n) is 1.99. The summed E-state index contributed by atoms with van der Waals surface area (Å²) >= 11 is 3.50. The number of rotatable bonds is 7. The molecule has 0 bridgehead atoms. The molecule has 0 fully saturated rings. The van der Waals surface area contributed by atoms with Crippen LogP contribution in [-0.2, 0) is 0 Å². The molecule has 0 aliphatic carbocycles. The van der Waals surface area contributed by atoms with Crippen molar-refractivity contribution in [1.29, 1.82) is 0 Å². The molecule has 1 unspecified atom stereocenters. The van der Waals surface area contributed by atoms with E-state index in [2.05, 4.69) is 21.2 Å². The monoisotopic (exact) mass is 352 g/mol. The van der Waals surface area contributed by atoms with Gasteiger partial charge in [-0.15, -0.1) is 0 Å². The van der Waals surface area contributed by atoms with Gasteiger partial charge in [-0.1, -0.05) is 34.1 Å². The van der Waals surface area contributed by atoms with Crippen molar-refractivity contribution in [3.8, 4) is 0 Å². The predicted octanol–water partition coefficient (Wildman–Crippen LogP) is 3.98. The molecule has 1 rings (SSSR count). The minimum Gasteiger partial charge on any atom is -0.313 e. The Labute approximate surface area is 126 Å². The maximum Gasteiger partial charge on any atom is 0.390 e. The van der Waals surface area contributed by atoms with Crippen LogP contribution in [0.25, 0.3) is 0 Å². The lowest BCUT2D eigenvalue weighted by Gasteiger charge is -2.23. The van der Waals surface area contributed by atoms with E-state index in [4.69, 9.17) is 0 Å². The Bertz CT molecular complexity index is 410. The van der Waals surface area contributed by atoms with Gasteiger partial charge in [-0.25, -0.2) is 0 Å². The van der Waals surface area contributed by atoms with Crippen LogP contribution in [0.3, 0.4) is 0 Å². The van der Waals surface area contributed by atoms with Crippen LogP contribution in [0, 0.1) is 0 Å². The first-order chi connectivity index (χ1) is 9.33. The highest BCUT2D eigenvalue weighted by Crippen LogP contribution is 2.25. The minimum absolute atomic E-state index is 0.0376. The van der Waals surface area contributed by atoms with E-state index in [0.29, 0.717) is 6.54 Å². The molecule has 2 nitrogen and oxygen atoms in total. The summed E-state index contributed by atoms with van der Waals surface area (Å²) in [6.07, 6.45) is -4.09. The summed E-state index contributed by atoms with van der Waals surface area (Å²) in [4.78, 5) is 1.72. The van der Waals surface area contributed by atoms with Crippen LogP contribution in [0.15, 0.2) is 28.7 Å². The van der Waals surface area contributed by atoms with Crippen LogP contribution in [0.2, 0.25) is 0 Å². The molecule has 0 aliphatic rings. The van der Waals surface area contributed by atoms with E-state index in [9.17, 15) is 13.2 Å². The first-order valence-corrected chi connectivity index (χ1v) is 7.30. The maximum absolute atomic E-state index is 12.2. The van der Waals surface area contributed by atoms with Gasteiger partial charge in [0.2, 0.25) is 0 Å². The summed E-state index contributed by atoms with van der Waals surface area (Å²) in [7, 11) is 3.58. The Morgan fingerprint density at radius 3 is 2.45 bits per heavy atom. The summed E-state index contributed by atoms with van der Waals surface area (Å²) in [6.45, 7) is 0.652. The van der Waals surface area contributed by atoms with Crippen molar-refractivity contribution in [3.63, 3.8) is 0 Å². The number of alkyl halides is 3. The molecule has 114 valence electrons. The average Bonchev–Trinajstić information content (AvgIpc) is 2.38. The first-order valence-electron chi connectivity index (χ1n) is 6.50. The van der Waals surface area contributed by atoms with Crippen LogP contribution in [0.1, 0.15) is 24.4 Å². The zero-order chi connectivity index (χ0) is 15.2. The molecule has 0 aromatic heterocycles. The Balaban J connectivity index is 2.48. The molecular formula is C14H20BrF3N2. The zero-order valence-corrected chi connectivity index (χ0v) is 13.3. The lowest BCUT2D eigenvalue weighted by Crippen LogP contribution is -2.28. The Hall–Kier alpha value is -0.590. The van der Waals surface area contributed by atoms with Crippen molar-refractivity contribution < 1.29 is 13.2 Å². The molecule has 6 heteroatoms. The van der Waals surface area contributed by atoms with Gasteiger partial charge in [0.05, 0.1) is 6.42 Å². The van der Waals surface area contributed by atoms with Gasteiger partial charge in [0.25, 0.3) is 0 Å². The van der Waals surface area contributed by atoms with E-state index in [1.54, 1.807) is 11.9 Å². The highest BCUT2D eigenvalue weighted by atomic mass is 79.9. The molecule has 1 atom stereocenters. The molecule has 0 amide bonds. The molecule has 1 N–H and O–H groups in total. The van der Waals surface area contributed by atoms with Gasteiger partial charge in [-0.3, -0.25) is 0 Å². The largest absolute Gasteiger partial charge is 0.390 e. The third kappa shape index (κ3) is 6.24. The van der Waals surface area contributed by atoms with Gasteiger partial charge in [-0.2, -0.15) is 13.2 Å². The van der Waals surface area contributed by atoms with Gasteiger partial charge in [-0.05, 0) is 38.7 Å². The standard InChI is InChI=1S/C14H20BrF3N2/c1-19-13(11-5-3-4-6-12(11)15)7-9-20(2)10-8-14(16,17)18/h3-6,13,19H,7-10H2,1-2H3. The number of halogens is 4. The van der Waals surface area contributed by atoms with Crippen molar-refractivity contribution in [3.05, 3.63) is 34.3 Å².